The fraction of sp³-hybridized carbons (Fsp3) is 0.609. The first kappa shape index (κ1) is 24.6. The molecule has 1 aromatic carbocycles. The fourth-order valence-corrected chi connectivity index (χ4v) is 6.61. The molecule has 34 heavy (non-hydrogen) atoms. The summed E-state index contributed by atoms with van der Waals surface area (Å²) in [7, 11) is -3.78. The van der Waals surface area contributed by atoms with Crippen LogP contribution in [0.1, 0.15) is 46.1 Å². The Morgan fingerprint density at radius 2 is 1.85 bits per heavy atom. The van der Waals surface area contributed by atoms with Gasteiger partial charge in [0.2, 0.25) is 10.0 Å². The Bertz CT molecular complexity index is 1100. The molecule has 0 aliphatic carbocycles. The van der Waals surface area contributed by atoms with Crippen molar-refractivity contribution >= 4 is 27.8 Å². The van der Waals surface area contributed by atoms with E-state index in [-0.39, 0.29) is 16.8 Å². The Hall–Kier alpha value is -2.50. The van der Waals surface area contributed by atoms with Crippen molar-refractivity contribution in [1.29, 1.82) is 0 Å². The van der Waals surface area contributed by atoms with Crippen LogP contribution in [0, 0.1) is 0 Å². The van der Waals surface area contributed by atoms with Crippen LogP contribution < -0.4 is 5.32 Å². The molecule has 11 heteroatoms. The quantitative estimate of drug-likeness (QED) is 0.622. The van der Waals surface area contributed by atoms with Crippen LogP contribution in [0.3, 0.4) is 0 Å². The highest BCUT2D eigenvalue weighted by Gasteiger charge is 2.54. The van der Waals surface area contributed by atoms with Gasteiger partial charge in [-0.2, -0.15) is 4.31 Å². The topological polar surface area (TPSA) is 107 Å². The largest absolute Gasteiger partial charge is 0.464 e. The Morgan fingerprint density at radius 1 is 1.15 bits per heavy atom. The Balaban J connectivity index is 1.77. The van der Waals surface area contributed by atoms with Crippen LogP contribution in [0.5, 0.6) is 0 Å². The van der Waals surface area contributed by atoms with Crippen LogP contribution in [0.2, 0.25) is 0 Å². The molecule has 1 amide bonds. The van der Waals surface area contributed by atoms with Gasteiger partial charge < -0.3 is 9.64 Å². The van der Waals surface area contributed by atoms with Gasteiger partial charge in [0.05, 0.1) is 11.5 Å². The van der Waals surface area contributed by atoms with Crippen molar-refractivity contribution in [2.24, 2.45) is 10.1 Å². The highest BCUT2D eigenvalue weighted by atomic mass is 32.2. The van der Waals surface area contributed by atoms with Gasteiger partial charge in [0.1, 0.15) is 11.4 Å². The molecule has 0 aromatic heterocycles. The van der Waals surface area contributed by atoms with Crippen LogP contribution in [0.15, 0.2) is 39.3 Å². The third-order valence-corrected chi connectivity index (χ3v) is 8.62. The molecule has 3 aliphatic rings. The van der Waals surface area contributed by atoms with Crippen LogP contribution in [0.4, 0.5) is 0 Å². The van der Waals surface area contributed by atoms with E-state index in [4.69, 9.17) is 9.73 Å². The summed E-state index contributed by atoms with van der Waals surface area (Å²) in [6, 6.07) is 6.22. The van der Waals surface area contributed by atoms with E-state index in [2.05, 4.69) is 22.2 Å². The van der Waals surface area contributed by atoms with Gasteiger partial charge >= 0.3 is 6.02 Å². The van der Waals surface area contributed by atoms with Gasteiger partial charge in [-0.25, -0.2) is 13.4 Å². The molecule has 1 N–H and O–H groups in total. The van der Waals surface area contributed by atoms with E-state index in [9.17, 15) is 13.2 Å². The smallest absolute Gasteiger partial charge is 0.313 e. The van der Waals surface area contributed by atoms with Crippen molar-refractivity contribution in [3.63, 3.8) is 0 Å². The monoisotopic (exact) mass is 490 g/mol. The van der Waals surface area contributed by atoms with Crippen molar-refractivity contribution in [1.82, 2.24) is 19.5 Å². The Labute approximate surface area is 201 Å². The minimum absolute atomic E-state index is 0.131. The lowest BCUT2D eigenvalue weighted by molar-refractivity contribution is -0.126. The number of amides is 1. The van der Waals surface area contributed by atoms with E-state index >= 15 is 0 Å². The number of fused-ring (bicyclic) bond motifs is 1. The number of nitrogens with zero attached hydrogens (tertiary/aromatic N) is 5. The molecular weight excluding hydrogens is 456 g/mol. The second-order valence-corrected chi connectivity index (χ2v) is 10.7. The second kappa shape index (κ2) is 9.63. The Kier molecular flexibility index (Phi) is 6.97. The van der Waals surface area contributed by atoms with E-state index in [0.717, 1.165) is 13.0 Å². The number of hydrogen-bond donors (Lipinski definition) is 1. The SMILES string of the molecule is CCCC1=NC(C)(c2ccccc2S(=O)(=O)N2CCN(CC)CC2)C2C(=O)NC(OCC)=NN12. The number of aliphatic imine (C=N–C) groups is 1. The predicted molar refractivity (Wildman–Crippen MR) is 130 cm³/mol. The number of hydrogen-bond acceptors (Lipinski definition) is 8. The molecule has 0 bridgehead atoms. The first-order valence-corrected chi connectivity index (χ1v) is 13.4. The maximum absolute atomic E-state index is 13.8. The number of sulfonamides is 1. The molecular formula is C23H34N6O4S. The number of rotatable bonds is 7. The number of carbonyl (C=O) groups excluding carboxylic acids is 1. The standard InChI is InChI=1S/C23H34N6O4S/c1-5-10-19-25-23(4,20-21(30)24-22(33-7-3)26-29(19)20)17-11-8-9-12-18(17)34(31,32)28-15-13-27(6-2)14-16-28/h8-9,11-12,20H,5-7,10,13-16H2,1-4H3,(H,24,26,30). The number of nitrogens with one attached hydrogen (secondary N) is 1. The van der Waals surface area contributed by atoms with Crippen LogP contribution in [-0.2, 0) is 25.1 Å². The first-order chi connectivity index (χ1) is 16.3. The summed E-state index contributed by atoms with van der Waals surface area (Å²) < 4.78 is 34.6. The average Bonchev–Trinajstić information content (AvgIpc) is 3.12. The molecule has 3 aliphatic heterocycles. The number of benzene rings is 1. The minimum Gasteiger partial charge on any atom is -0.464 e. The number of amidine groups is 2. The molecule has 2 atom stereocenters. The number of likely N-dealkylation sites (N-methyl/N-ethyl adjacent to an activating group) is 1. The van der Waals surface area contributed by atoms with Crippen molar-refractivity contribution < 1.29 is 17.9 Å². The number of piperazine rings is 1. The third kappa shape index (κ3) is 4.20. The summed E-state index contributed by atoms with van der Waals surface area (Å²) in [5, 5.41) is 8.83. The van der Waals surface area contributed by atoms with Crippen LogP contribution >= 0.6 is 0 Å². The highest BCUT2D eigenvalue weighted by Crippen LogP contribution is 2.43. The molecule has 4 rings (SSSR count). The second-order valence-electron chi connectivity index (χ2n) is 8.83. The van der Waals surface area contributed by atoms with Crippen LogP contribution in [-0.4, -0.2) is 85.8 Å². The van der Waals surface area contributed by atoms with E-state index < -0.39 is 21.6 Å². The van der Waals surface area contributed by atoms with Gasteiger partial charge in [-0.3, -0.25) is 15.1 Å². The molecule has 10 nitrogen and oxygen atoms in total. The first-order valence-electron chi connectivity index (χ1n) is 12.0. The van der Waals surface area contributed by atoms with Gasteiger partial charge in [-0.1, -0.05) is 32.0 Å². The molecule has 1 fully saturated rings. The predicted octanol–water partition coefficient (Wildman–Crippen LogP) is 1.55. The van der Waals surface area contributed by atoms with E-state index in [1.807, 2.05) is 20.8 Å². The summed E-state index contributed by atoms with van der Waals surface area (Å²) >= 11 is 0. The average molecular weight is 491 g/mol. The van der Waals surface area contributed by atoms with Crippen LogP contribution in [0.25, 0.3) is 0 Å². The normalized spacial score (nSPS) is 26.1. The molecule has 2 unspecified atom stereocenters. The lowest BCUT2D eigenvalue weighted by Crippen LogP contribution is -2.58. The van der Waals surface area contributed by atoms with Crippen molar-refractivity contribution in [3.05, 3.63) is 29.8 Å². The summed E-state index contributed by atoms with van der Waals surface area (Å²) in [5.41, 5.74) is -0.635. The summed E-state index contributed by atoms with van der Waals surface area (Å²) in [4.78, 5) is 20.6. The number of hydrazone groups is 1. The molecule has 1 saturated heterocycles. The minimum atomic E-state index is -3.78. The van der Waals surface area contributed by atoms with Gasteiger partial charge in [0.25, 0.3) is 5.91 Å². The van der Waals surface area contributed by atoms with Gasteiger partial charge in [0.15, 0.2) is 6.04 Å². The third-order valence-electron chi connectivity index (χ3n) is 6.66. The summed E-state index contributed by atoms with van der Waals surface area (Å²) in [5.74, 6) is 0.324. The highest BCUT2D eigenvalue weighted by molar-refractivity contribution is 7.89. The van der Waals surface area contributed by atoms with E-state index in [1.165, 1.54) is 4.31 Å². The maximum Gasteiger partial charge on any atom is 0.313 e. The van der Waals surface area contributed by atoms with E-state index in [1.54, 1.807) is 29.3 Å². The zero-order chi connectivity index (χ0) is 24.5. The number of ether oxygens (including phenoxy) is 1. The van der Waals surface area contributed by atoms with Crippen molar-refractivity contribution in [2.75, 3.05) is 39.3 Å². The van der Waals surface area contributed by atoms with E-state index in [0.29, 0.717) is 50.6 Å². The summed E-state index contributed by atoms with van der Waals surface area (Å²) in [6.45, 7) is 11.3. The molecule has 0 spiro atoms. The molecule has 1 aromatic rings. The summed E-state index contributed by atoms with van der Waals surface area (Å²) in [6.07, 6.45) is 1.41. The molecule has 186 valence electrons. The van der Waals surface area contributed by atoms with Gasteiger partial charge in [0, 0.05) is 38.2 Å². The molecule has 3 heterocycles. The number of carbonyl (C=O) groups is 1. The Morgan fingerprint density at radius 3 is 2.50 bits per heavy atom. The maximum atomic E-state index is 13.8. The van der Waals surface area contributed by atoms with Gasteiger partial charge in [-0.05, 0) is 32.9 Å². The van der Waals surface area contributed by atoms with Gasteiger partial charge in [-0.15, -0.1) is 5.10 Å². The lowest BCUT2D eigenvalue weighted by atomic mass is 9.85. The zero-order valence-corrected chi connectivity index (χ0v) is 21.1. The molecule has 0 radical (unpaired) electrons. The zero-order valence-electron chi connectivity index (χ0n) is 20.3. The van der Waals surface area contributed by atoms with Crippen molar-refractivity contribution in [2.45, 2.75) is 57.0 Å². The molecule has 0 saturated carbocycles. The van der Waals surface area contributed by atoms with Crippen molar-refractivity contribution in [3.8, 4) is 0 Å². The lowest BCUT2D eigenvalue weighted by Gasteiger charge is -2.37. The fourth-order valence-electron chi connectivity index (χ4n) is 4.88.